The van der Waals surface area contributed by atoms with Crippen LogP contribution in [-0.4, -0.2) is 49.7 Å². The first kappa shape index (κ1) is 25.6. The van der Waals surface area contributed by atoms with Crippen molar-refractivity contribution in [2.24, 2.45) is 5.92 Å². The summed E-state index contributed by atoms with van der Waals surface area (Å²) in [5.74, 6) is 0.775. The Morgan fingerprint density at radius 1 is 1.03 bits per heavy atom. The highest BCUT2D eigenvalue weighted by atomic mass is 35.5. The first-order valence-corrected chi connectivity index (χ1v) is 13.0. The van der Waals surface area contributed by atoms with E-state index in [4.69, 9.17) is 11.6 Å². The molecule has 7 heteroatoms. The molecule has 2 aromatic rings. The van der Waals surface area contributed by atoms with Gasteiger partial charge in [-0.3, -0.25) is 9.59 Å². The van der Waals surface area contributed by atoms with Crippen LogP contribution in [0.3, 0.4) is 0 Å². The van der Waals surface area contributed by atoms with E-state index in [1.807, 2.05) is 61.5 Å². The van der Waals surface area contributed by atoms with Gasteiger partial charge in [0.1, 0.15) is 0 Å². The number of amides is 2. The van der Waals surface area contributed by atoms with Gasteiger partial charge in [0.05, 0.1) is 17.4 Å². The number of likely N-dealkylation sites (N-methyl/N-ethyl adjacent to an activating group) is 1. The van der Waals surface area contributed by atoms with Crippen molar-refractivity contribution >= 4 is 35.2 Å². The standard InChI is InChI=1S/C26H34ClN3O2S/c1-30(2)23(20-12-6-8-14-22(20)27)17-29-26(32)21-13-7-9-15-24(21)33-18-25(31)28-16-19-10-4-3-5-11-19/h6-9,12-15,19,23H,3-5,10-11,16-18H2,1-2H3,(H,28,31)(H,29,32)/t23-/m1/s1. The van der Waals surface area contributed by atoms with Crippen molar-refractivity contribution < 1.29 is 9.59 Å². The van der Waals surface area contributed by atoms with Crippen LogP contribution in [-0.2, 0) is 4.79 Å². The molecule has 1 saturated carbocycles. The monoisotopic (exact) mass is 487 g/mol. The molecule has 0 heterocycles. The summed E-state index contributed by atoms with van der Waals surface area (Å²) in [7, 11) is 3.94. The summed E-state index contributed by atoms with van der Waals surface area (Å²) in [5, 5.41) is 6.80. The normalized spacial score (nSPS) is 15.3. The fraction of sp³-hybridized carbons (Fsp3) is 0.462. The molecule has 33 heavy (non-hydrogen) atoms. The molecule has 1 fully saturated rings. The molecule has 0 aromatic heterocycles. The van der Waals surface area contributed by atoms with E-state index in [0.717, 1.165) is 17.0 Å². The van der Waals surface area contributed by atoms with E-state index in [0.29, 0.717) is 28.8 Å². The summed E-state index contributed by atoms with van der Waals surface area (Å²) in [6.45, 7) is 1.19. The quantitative estimate of drug-likeness (QED) is 0.454. The summed E-state index contributed by atoms with van der Waals surface area (Å²) < 4.78 is 0. The summed E-state index contributed by atoms with van der Waals surface area (Å²) in [6, 6.07) is 15.1. The lowest BCUT2D eigenvalue weighted by atomic mass is 9.89. The second-order valence-electron chi connectivity index (χ2n) is 8.80. The molecule has 178 valence electrons. The lowest BCUT2D eigenvalue weighted by Crippen LogP contribution is -2.35. The van der Waals surface area contributed by atoms with Gasteiger partial charge in [-0.25, -0.2) is 0 Å². The Bertz CT molecular complexity index is 931. The van der Waals surface area contributed by atoms with Gasteiger partial charge in [-0.05, 0) is 56.6 Å². The first-order chi connectivity index (χ1) is 16.0. The maximum absolute atomic E-state index is 13.0. The molecule has 0 saturated heterocycles. The largest absolute Gasteiger partial charge is 0.355 e. The number of nitrogens with zero attached hydrogens (tertiary/aromatic N) is 1. The second kappa shape index (κ2) is 13.0. The van der Waals surface area contributed by atoms with Gasteiger partial charge >= 0.3 is 0 Å². The third-order valence-electron chi connectivity index (χ3n) is 6.15. The third-order valence-corrected chi connectivity index (χ3v) is 7.56. The Morgan fingerprint density at radius 2 is 1.73 bits per heavy atom. The molecule has 1 aliphatic carbocycles. The highest BCUT2D eigenvalue weighted by Crippen LogP contribution is 2.27. The maximum atomic E-state index is 13.0. The molecule has 0 bridgehead atoms. The minimum Gasteiger partial charge on any atom is -0.355 e. The van der Waals surface area contributed by atoms with Crippen LogP contribution in [0.1, 0.15) is 54.1 Å². The van der Waals surface area contributed by atoms with E-state index in [1.54, 1.807) is 6.07 Å². The summed E-state index contributed by atoms with van der Waals surface area (Å²) in [5.41, 5.74) is 1.56. The molecule has 2 N–H and O–H groups in total. The van der Waals surface area contributed by atoms with Crippen LogP contribution < -0.4 is 10.6 Å². The predicted octanol–water partition coefficient (Wildman–Crippen LogP) is 5.16. The van der Waals surface area contributed by atoms with Crippen LogP contribution in [0.4, 0.5) is 0 Å². The molecule has 0 unspecified atom stereocenters. The number of nitrogens with one attached hydrogen (secondary N) is 2. The van der Waals surface area contributed by atoms with Gasteiger partial charge in [0.15, 0.2) is 0 Å². The highest BCUT2D eigenvalue weighted by Gasteiger charge is 2.20. The number of rotatable bonds is 10. The van der Waals surface area contributed by atoms with Gasteiger partial charge in [-0.1, -0.05) is 61.2 Å². The van der Waals surface area contributed by atoms with Gasteiger partial charge in [-0.2, -0.15) is 0 Å². The molecular weight excluding hydrogens is 454 g/mol. The average molecular weight is 488 g/mol. The molecule has 0 radical (unpaired) electrons. The van der Waals surface area contributed by atoms with Gasteiger partial charge in [0, 0.05) is 23.0 Å². The van der Waals surface area contributed by atoms with E-state index in [9.17, 15) is 9.59 Å². The maximum Gasteiger partial charge on any atom is 0.252 e. The van der Waals surface area contributed by atoms with E-state index < -0.39 is 0 Å². The molecule has 1 atom stereocenters. The van der Waals surface area contributed by atoms with E-state index >= 15 is 0 Å². The predicted molar refractivity (Wildman–Crippen MR) is 137 cm³/mol. The minimum atomic E-state index is -0.153. The molecular formula is C26H34ClN3O2S. The second-order valence-corrected chi connectivity index (χ2v) is 10.2. The van der Waals surface area contributed by atoms with E-state index in [-0.39, 0.29) is 17.9 Å². The molecule has 0 spiro atoms. The summed E-state index contributed by atoms with van der Waals surface area (Å²) in [4.78, 5) is 28.2. The SMILES string of the molecule is CN(C)[C@H](CNC(=O)c1ccccc1SCC(=O)NCC1CCCCC1)c1ccccc1Cl. The number of carbonyl (C=O) groups is 2. The smallest absolute Gasteiger partial charge is 0.252 e. The Morgan fingerprint density at radius 3 is 2.45 bits per heavy atom. The van der Waals surface area contributed by atoms with Crippen molar-refractivity contribution in [2.75, 3.05) is 32.9 Å². The van der Waals surface area contributed by atoms with Gasteiger partial charge in [0.2, 0.25) is 5.91 Å². The van der Waals surface area contributed by atoms with Crippen molar-refractivity contribution in [3.63, 3.8) is 0 Å². The van der Waals surface area contributed by atoms with Crippen molar-refractivity contribution in [3.05, 3.63) is 64.7 Å². The van der Waals surface area contributed by atoms with Crippen molar-refractivity contribution in [2.45, 2.75) is 43.0 Å². The Hall–Kier alpha value is -2.02. The van der Waals surface area contributed by atoms with Crippen molar-refractivity contribution in [3.8, 4) is 0 Å². The fourth-order valence-electron chi connectivity index (χ4n) is 4.22. The number of halogens is 1. The lowest BCUT2D eigenvalue weighted by molar-refractivity contribution is -0.118. The number of hydrogen-bond acceptors (Lipinski definition) is 4. The highest BCUT2D eigenvalue weighted by molar-refractivity contribution is 8.00. The zero-order chi connectivity index (χ0) is 23.6. The van der Waals surface area contributed by atoms with E-state index in [2.05, 4.69) is 10.6 Å². The van der Waals surface area contributed by atoms with Crippen molar-refractivity contribution in [1.82, 2.24) is 15.5 Å². The molecule has 2 aromatic carbocycles. The Balaban J connectivity index is 1.55. The zero-order valence-electron chi connectivity index (χ0n) is 19.5. The minimum absolute atomic E-state index is 0.0205. The van der Waals surface area contributed by atoms with Crippen LogP contribution >= 0.6 is 23.4 Å². The van der Waals surface area contributed by atoms with Crippen LogP contribution in [0.25, 0.3) is 0 Å². The first-order valence-electron chi connectivity index (χ1n) is 11.6. The van der Waals surface area contributed by atoms with Crippen LogP contribution in [0.5, 0.6) is 0 Å². The number of carbonyl (C=O) groups excluding carboxylic acids is 2. The Labute approximate surface area is 206 Å². The van der Waals surface area contributed by atoms with Crippen LogP contribution in [0, 0.1) is 5.92 Å². The van der Waals surface area contributed by atoms with Crippen molar-refractivity contribution in [1.29, 1.82) is 0 Å². The molecule has 3 rings (SSSR count). The number of benzene rings is 2. The fourth-order valence-corrected chi connectivity index (χ4v) is 5.37. The number of thioether (sulfide) groups is 1. The summed E-state index contributed by atoms with van der Waals surface area (Å²) >= 11 is 7.79. The van der Waals surface area contributed by atoms with Crippen LogP contribution in [0.15, 0.2) is 53.4 Å². The average Bonchev–Trinajstić information content (AvgIpc) is 2.83. The molecule has 5 nitrogen and oxygen atoms in total. The van der Waals surface area contributed by atoms with Gasteiger partial charge in [0.25, 0.3) is 5.91 Å². The third kappa shape index (κ3) is 7.76. The molecule has 0 aliphatic heterocycles. The molecule has 1 aliphatic rings. The van der Waals surface area contributed by atoms with Gasteiger partial charge < -0.3 is 15.5 Å². The molecule has 2 amide bonds. The lowest BCUT2D eigenvalue weighted by Gasteiger charge is -2.26. The topological polar surface area (TPSA) is 61.4 Å². The Kier molecular flexibility index (Phi) is 10.1. The van der Waals surface area contributed by atoms with E-state index in [1.165, 1.54) is 43.9 Å². The van der Waals surface area contributed by atoms with Gasteiger partial charge in [-0.15, -0.1) is 11.8 Å². The zero-order valence-corrected chi connectivity index (χ0v) is 21.1. The summed E-state index contributed by atoms with van der Waals surface area (Å²) in [6.07, 6.45) is 6.26. The van der Waals surface area contributed by atoms with Crippen LogP contribution in [0.2, 0.25) is 5.02 Å². The number of hydrogen-bond donors (Lipinski definition) is 2.